The molecule has 2 fully saturated rings. The van der Waals surface area contributed by atoms with E-state index in [1.807, 2.05) is 18.3 Å². The SMILES string of the molecule is CS(=O)(=O)N1CCN(c2cc(Cl)cc3[nH]ccc23)C2CCCCC21. The highest BCUT2D eigenvalue weighted by molar-refractivity contribution is 7.88. The summed E-state index contributed by atoms with van der Waals surface area (Å²) in [7, 11) is -3.17. The molecule has 1 aromatic heterocycles. The van der Waals surface area contributed by atoms with Crippen molar-refractivity contribution in [3.63, 3.8) is 0 Å². The fourth-order valence-electron chi connectivity index (χ4n) is 4.39. The van der Waals surface area contributed by atoms with Crippen LogP contribution < -0.4 is 4.90 Å². The van der Waals surface area contributed by atoms with Crippen LogP contribution in [0.3, 0.4) is 0 Å². The summed E-state index contributed by atoms with van der Waals surface area (Å²) in [6, 6.07) is 6.31. The van der Waals surface area contributed by atoms with Gasteiger partial charge in [0.1, 0.15) is 0 Å². The molecule has 2 heterocycles. The van der Waals surface area contributed by atoms with E-state index in [1.165, 1.54) is 6.26 Å². The normalized spacial score (nSPS) is 25.8. The molecule has 1 aliphatic heterocycles. The number of rotatable bonds is 2. The van der Waals surface area contributed by atoms with Crippen LogP contribution in [0.15, 0.2) is 24.4 Å². The summed E-state index contributed by atoms with van der Waals surface area (Å²) in [5.74, 6) is 0. The van der Waals surface area contributed by atoms with Gasteiger partial charge in [-0.15, -0.1) is 0 Å². The van der Waals surface area contributed by atoms with E-state index in [2.05, 4.69) is 16.0 Å². The van der Waals surface area contributed by atoms with Crippen LogP contribution in [-0.4, -0.2) is 49.1 Å². The van der Waals surface area contributed by atoms with Gasteiger partial charge in [0.05, 0.1) is 6.26 Å². The Bertz CT molecular complexity index is 864. The number of nitrogens with zero attached hydrogens (tertiary/aromatic N) is 2. The Morgan fingerprint density at radius 3 is 2.67 bits per heavy atom. The molecule has 0 amide bonds. The van der Waals surface area contributed by atoms with Gasteiger partial charge in [0, 0.05) is 53.0 Å². The van der Waals surface area contributed by atoms with Gasteiger partial charge in [-0.3, -0.25) is 0 Å². The summed E-state index contributed by atoms with van der Waals surface area (Å²) in [6.07, 6.45) is 7.45. The van der Waals surface area contributed by atoms with Gasteiger partial charge in [-0.25, -0.2) is 8.42 Å². The number of aromatic amines is 1. The average molecular weight is 368 g/mol. The van der Waals surface area contributed by atoms with Crippen molar-refractivity contribution < 1.29 is 8.42 Å². The average Bonchev–Trinajstić information content (AvgIpc) is 3.00. The number of H-pyrrole nitrogens is 1. The first-order valence-corrected chi connectivity index (χ1v) is 10.7. The Hall–Kier alpha value is -1.24. The molecular weight excluding hydrogens is 346 g/mol. The zero-order valence-electron chi connectivity index (χ0n) is 13.7. The van der Waals surface area contributed by atoms with Crippen LogP contribution in [0.2, 0.25) is 5.02 Å². The van der Waals surface area contributed by atoms with Gasteiger partial charge in [-0.2, -0.15) is 4.31 Å². The number of fused-ring (bicyclic) bond motifs is 2. The van der Waals surface area contributed by atoms with E-state index >= 15 is 0 Å². The Kier molecular flexibility index (Phi) is 4.01. The monoisotopic (exact) mass is 367 g/mol. The van der Waals surface area contributed by atoms with Gasteiger partial charge in [-0.1, -0.05) is 24.4 Å². The van der Waals surface area contributed by atoms with Crippen molar-refractivity contribution in [3.8, 4) is 0 Å². The maximum atomic E-state index is 12.2. The van der Waals surface area contributed by atoms with E-state index in [1.54, 1.807) is 4.31 Å². The van der Waals surface area contributed by atoms with Crippen molar-refractivity contribution >= 4 is 38.2 Å². The second-order valence-electron chi connectivity index (χ2n) is 6.85. The standard InChI is InChI=1S/C17H22ClN3O2S/c1-24(22,23)21-9-8-20(15-4-2-3-5-16(15)21)17-11-12(18)10-14-13(17)6-7-19-14/h6-7,10-11,15-16,19H,2-5,8-9H2,1H3. The molecule has 1 saturated heterocycles. The molecular formula is C17H22ClN3O2S. The zero-order chi connectivity index (χ0) is 16.9. The number of sulfonamides is 1. The van der Waals surface area contributed by atoms with Gasteiger partial charge >= 0.3 is 0 Å². The second-order valence-corrected chi connectivity index (χ2v) is 9.22. The summed E-state index contributed by atoms with van der Waals surface area (Å²) < 4.78 is 26.1. The quantitative estimate of drug-likeness (QED) is 0.886. The van der Waals surface area contributed by atoms with Crippen molar-refractivity contribution in [2.24, 2.45) is 0 Å². The first-order valence-electron chi connectivity index (χ1n) is 8.45. The smallest absolute Gasteiger partial charge is 0.211 e. The van der Waals surface area contributed by atoms with Crippen molar-refractivity contribution in [2.75, 3.05) is 24.2 Å². The van der Waals surface area contributed by atoms with Crippen LogP contribution in [0.4, 0.5) is 5.69 Å². The Morgan fingerprint density at radius 2 is 1.92 bits per heavy atom. The molecule has 2 aromatic rings. The Balaban J connectivity index is 1.77. The molecule has 2 unspecified atom stereocenters. The number of halogens is 1. The molecule has 2 aliphatic rings. The molecule has 1 N–H and O–H groups in total. The largest absolute Gasteiger partial charge is 0.365 e. The summed E-state index contributed by atoms with van der Waals surface area (Å²) >= 11 is 6.32. The van der Waals surface area contributed by atoms with E-state index in [4.69, 9.17) is 11.6 Å². The van der Waals surface area contributed by atoms with E-state index in [-0.39, 0.29) is 12.1 Å². The van der Waals surface area contributed by atoms with Crippen LogP contribution in [0.1, 0.15) is 25.7 Å². The molecule has 1 aromatic carbocycles. The molecule has 4 rings (SSSR count). The minimum Gasteiger partial charge on any atom is -0.365 e. The summed E-state index contributed by atoms with van der Waals surface area (Å²) in [5, 5.41) is 1.86. The fourth-order valence-corrected chi connectivity index (χ4v) is 5.75. The van der Waals surface area contributed by atoms with Crippen LogP contribution in [0.5, 0.6) is 0 Å². The number of aromatic nitrogens is 1. The third-order valence-corrected chi connectivity index (χ3v) is 6.90. The van der Waals surface area contributed by atoms with Crippen LogP contribution in [-0.2, 0) is 10.0 Å². The van der Waals surface area contributed by atoms with Crippen molar-refractivity contribution in [1.29, 1.82) is 0 Å². The molecule has 1 aliphatic carbocycles. The van der Waals surface area contributed by atoms with E-state index in [0.29, 0.717) is 18.1 Å². The first-order chi connectivity index (χ1) is 11.4. The molecule has 7 heteroatoms. The zero-order valence-corrected chi connectivity index (χ0v) is 15.3. The van der Waals surface area contributed by atoms with Gasteiger partial charge in [-0.05, 0) is 31.0 Å². The van der Waals surface area contributed by atoms with Gasteiger partial charge in [0.25, 0.3) is 0 Å². The number of benzene rings is 1. The molecule has 0 spiro atoms. The number of piperazine rings is 1. The summed E-state index contributed by atoms with van der Waals surface area (Å²) in [4.78, 5) is 5.61. The van der Waals surface area contributed by atoms with Crippen LogP contribution in [0.25, 0.3) is 10.9 Å². The number of anilines is 1. The molecule has 0 bridgehead atoms. The van der Waals surface area contributed by atoms with E-state index in [0.717, 1.165) is 42.3 Å². The number of nitrogens with one attached hydrogen (secondary N) is 1. The lowest BCUT2D eigenvalue weighted by Crippen LogP contribution is -2.62. The summed E-state index contributed by atoms with van der Waals surface area (Å²) in [5.41, 5.74) is 2.14. The highest BCUT2D eigenvalue weighted by Crippen LogP contribution is 2.38. The van der Waals surface area contributed by atoms with Crippen molar-refractivity contribution in [3.05, 3.63) is 29.4 Å². The summed E-state index contributed by atoms with van der Waals surface area (Å²) in [6.45, 7) is 1.24. The van der Waals surface area contributed by atoms with Crippen molar-refractivity contribution in [2.45, 2.75) is 37.8 Å². The van der Waals surface area contributed by atoms with Gasteiger partial charge < -0.3 is 9.88 Å². The fraction of sp³-hybridized carbons (Fsp3) is 0.529. The number of hydrogen-bond acceptors (Lipinski definition) is 3. The number of hydrogen-bond donors (Lipinski definition) is 1. The molecule has 0 radical (unpaired) electrons. The topological polar surface area (TPSA) is 56.4 Å². The van der Waals surface area contributed by atoms with Gasteiger partial charge in [0.2, 0.25) is 10.0 Å². The maximum absolute atomic E-state index is 12.2. The predicted molar refractivity (Wildman–Crippen MR) is 98.2 cm³/mol. The Labute approximate surface area is 147 Å². The Morgan fingerprint density at radius 1 is 1.17 bits per heavy atom. The lowest BCUT2D eigenvalue weighted by Gasteiger charge is -2.50. The lowest BCUT2D eigenvalue weighted by atomic mass is 9.87. The molecule has 130 valence electrons. The second kappa shape index (κ2) is 5.93. The predicted octanol–water partition coefficient (Wildman–Crippen LogP) is 3.21. The van der Waals surface area contributed by atoms with Crippen LogP contribution >= 0.6 is 11.6 Å². The highest BCUT2D eigenvalue weighted by atomic mass is 35.5. The van der Waals surface area contributed by atoms with E-state index in [9.17, 15) is 8.42 Å². The third-order valence-electron chi connectivity index (χ3n) is 5.37. The van der Waals surface area contributed by atoms with Crippen molar-refractivity contribution in [1.82, 2.24) is 9.29 Å². The van der Waals surface area contributed by atoms with Crippen LogP contribution in [0, 0.1) is 0 Å². The molecule has 5 nitrogen and oxygen atoms in total. The third kappa shape index (κ3) is 2.70. The van der Waals surface area contributed by atoms with Gasteiger partial charge in [0.15, 0.2) is 0 Å². The molecule has 2 atom stereocenters. The maximum Gasteiger partial charge on any atom is 0.211 e. The molecule has 24 heavy (non-hydrogen) atoms. The minimum absolute atomic E-state index is 0.0653. The first kappa shape index (κ1) is 16.2. The minimum atomic E-state index is -3.17. The van der Waals surface area contributed by atoms with E-state index < -0.39 is 10.0 Å². The lowest BCUT2D eigenvalue weighted by molar-refractivity contribution is 0.188. The molecule has 1 saturated carbocycles. The highest BCUT2D eigenvalue weighted by Gasteiger charge is 2.42.